The number of nitrogens with two attached hydrogens (primary N) is 1. The number of hydrogen-bond donors (Lipinski definition) is 1. The molecule has 1 aromatic rings. The maximum Gasteiger partial charge on any atom is 0.250 e. The van der Waals surface area contributed by atoms with Crippen molar-refractivity contribution in [2.75, 3.05) is 0 Å². The minimum Gasteiger partial charge on any atom is -0.366 e. The third-order valence-corrected chi connectivity index (χ3v) is 8.12. The van der Waals surface area contributed by atoms with Gasteiger partial charge in [0.25, 0.3) is 5.91 Å². The molecule has 1 aromatic carbocycles. The zero-order chi connectivity index (χ0) is 11.7. The largest absolute Gasteiger partial charge is 0.366 e. The van der Waals surface area contributed by atoms with E-state index in [0.717, 1.165) is 17.0 Å². The number of carbonyl (C=O) groups is 2. The fourth-order valence-electron chi connectivity index (χ4n) is 0.972. The first-order chi connectivity index (χ1) is 6.91. The van der Waals surface area contributed by atoms with Gasteiger partial charge in [-0.3, -0.25) is 9.59 Å². The van der Waals surface area contributed by atoms with Crippen LogP contribution in [-0.4, -0.2) is 12.2 Å². The van der Waals surface area contributed by atoms with Crippen LogP contribution in [0.1, 0.15) is 20.7 Å². The van der Waals surface area contributed by atoms with Crippen LogP contribution in [-0.2, 0) is 0 Å². The lowest BCUT2D eigenvalue weighted by Gasteiger charge is -2.11. The molecule has 1 amide bonds. The Morgan fingerprint density at radius 2 is 1.53 bits per heavy atom. The van der Waals surface area contributed by atoms with Crippen LogP contribution in [0.25, 0.3) is 0 Å². The molecule has 0 atom stereocenters. The van der Waals surface area contributed by atoms with Gasteiger partial charge in [0, 0.05) is 19.8 Å². The van der Waals surface area contributed by atoms with Crippen LogP contribution in [0.15, 0.2) is 0 Å². The smallest absolute Gasteiger partial charge is 0.250 e. The van der Waals surface area contributed by atoms with Crippen molar-refractivity contribution in [1.82, 2.24) is 0 Å². The average Bonchev–Trinajstić information content (AvgIpc) is 2.15. The van der Waals surface area contributed by atoms with Gasteiger partial charge in [-0.1, -0.05) is 0 Å². The summed E-state index contributed by atoms with van der Waals surface area (Å²) < 4.78 is 3.19. The molecule has 0 bridgehead atoms. The summed E-state index contributed by atoms with van der Waals surface area (Å²) in [5.74, 6) is -0.499. The van der Waals surface area contributed by atoms with Gasteiger partial charge in [0.05, 0.1) is 5.56 Å². The molecule has 0 unspecified atom stereocenters. The highest BCUT2D eigenvalue weighted by molar-refractivity contribution is 14.1. The summed E-state index contributed by atoms with van der Waals surface area (Å²) in [6, 6.07) is 0. The molecule has 0 heterocycles. The van der Waals surface area contributed by atoms with E-state index in [1.54, 1.807) is 0 Å². The molecule has 0 aliphatic carbocycles. The Balaban J connectivity index is 3.75. The lowest BCUT2D eigenvalue weighted by Crippen LogP contribution is -2.18. The molecule has 0 aliphatic rings. The number of aldehydes is 1. The van der Waals surface area contributed by atoms with Crippen molar-refractivity contribution in [1.29, 1.82) is 0 Å². The number of amides is 1. The fraction of sp³-hybridized carbons (Fsp3) is 0. The maximum atomic E-state index is 11.3. The molecule has 2 N–H and O–H groups in total. The van der Waals surface area contributed by atoms with E-state index in [2.05, 4.69) is 67.8 Å². The Morgan fingerprint density at radius 1 is 1.00 bits per heavy atom. The van der Waals surface area contributed by atoms with E-state index in [-0.39, 0.29) is 0 Å². The van der Waals surface area contributed by atoms with Crippen LogP contribution in [0.2, 0.25) is 0 Å². The molecule has 0 radical (unpaired) electrons. The van der Waals surface area contributed by atoms with Gasteiger partial charge >= 0.3 is 0 Å². The van der Waals surface area contributed by atoms with E-state index in [4.69, 9.17) is 5.73 Å². The first-order valence-electron chi connectivity index (χ1n) is 3.52. The van der Waals surface area contributed by atoms with Crippen LogP contribution < -0.4 is 5.73 Å². The molecular weight excluding hydrogens is 650 g/mol. The van der Waals surface area contributed by atoms with Crippen molar-refractivity contribution in [2.45, 2.75) is 0 Å². The SMILES string of the molecule is NC(=O)c1c(I)c(I)c(I)c(C=O)c1I. The van der Waals surface area contributed by atoms with Gasteiger partial charge < -0.3 is 5.73 Å². The molecule has 0 fully saturated rings. The van der Waals surface area contributed by atoms with Gasteiger partial charge in [0.1, 0.15) is 0 Å². The molecule has 80 valence electrons. The molecule has 0 spiro atoms. The van der Waals surface area contributed by atoms with Crippen molar-refractivity contribution in [2.24, 2.45) is 5.73 Å². The second-order valence-electron chi connectivity index (χ2n) is 2.53. The maximum absolute atomic E-state index is 11.3. The quantitative estimate of drug-likeness (QED) is 0.231. The van der Waals surface area contributed by atoms with Crippen molar-refractivity contribution >= 4 is 103 Å². The van der Waals surface area contributed by atoms with Gasteiger partial charge in [-0.2, -0.15) is 0 Å². The van der Waals surface area contributed by atoms with Crippen molar-refractivity contribution in [3.63, 3.8) is 0 Å². The Kier molecular flexibility index (Phi) is 5.50. The third-order valence-electron chi connectivity index (χ3n) is 1.66. The Bertz CT molecular complexity index is 459. The molecule has 7 heteroatoms. The van der Waals surface area contributed by atoms with Crippen molar-refractivity contribution in [3.8, 4) is 0 Å². The summed E-state index contributed by atoms with van der Waals surface area (Å²) in [6.07, 6.45) is 0.758. The molecule has 0 saturated carbocycles. The highest BCUT2D eigenvalue weighted by Crippen LogP contribution is 2.31. The highest BCUT2D eigenvalue weighted by atomic mass is 127. The first-order valence-corrected chi connectivity index (χ1v) is 7.84. The van der Waals surface area contributed by atoms with E-state index < -0.39 is 5.91 Å². The van der Waals surface area contributed by atoms with E-state index >= 15 is 0 Å². The lowest BCUT2D eigenvalue weighted by molar-refractivity contribution is 0.0998. The molecule has 1 rings (SSSR count). The molecule has 15 heavy (non-hydrogen) atoms. The number of carbonyl (C=O) groups excluding carboxylic acids is 2. The fourth-order valence-corrected chi connectivity index (χ4v) is 5.48. The lowest BCUT2D eigenvalue weighted by atomic mass is 10.1. The topological polar surface area (TPSA) is 60.2 Å². The zero-order valence-electron chi connectivity index (χ0n) is 6.98. The van der Waals surface area contributed by atoms with E-state index in [9.17, 15) is 9.59 Å². The number of benzene rings is 1. The van der Waals surface area contributed by atoms with Gasteiger partial charge in [0.15, 0.2) is 6.29 Å². The predicted molar refractivity (Wildman–Crippen MR) is 91.2 cm³/mol. The van der Waals surface area contributed by atoms with Gasteiger partial charge in [0.2, 0.25) is 0 Å². The summed E-state index contributed by atoms with van der Waals surface area (Å²) >= 11 is 8.25. The third kappa shape index (κ3) is 2.75. The normalized spacial score (nSPS) is 10.1. The van der Waals surface area contributed by atoms with Crippen molar-refractivity contribution < 1.29 is 9.59 Å². The second-order valence-corrected chi connectivity index (χ2v) is 6.84. The number of halogens is 4. The number of rotatable bonds is 2. The molecular formula is C8H3I4NO2. The number of hydrogen-bond acceptors (Lipinski definition) is 2. The van der Waals surface area contributed by atoms with Crippen LogP contribution in [0, 0.1) is 14.3 Å². The summed E-state index contributed by atoms with van der Waals surface area (Å²) in [5.41, 5.74) is 6.26. The zero-order valence-corrected chi connectivity index (χ0v) is 15.6. The molecule has 0 saturated heterocycles. The Labute approximate surface area is 141 Å². The minimum atomic E-state index is -0.499. The standard InChI is InChI=1S/C8H3I4NO2/c9-4-2(1-14)5(10)7(12)6(11)3(4)8(13)15/h1H,(H2,13,15). The summed E-state index contributed by atoms with van der Waals surface area (Å²) in [5, 5.41) is 0. The van der Waals surface area contributed by atoms with Crippen LogP contribution >= 0.6 is 90.4 Å². The highest BCUT2D eigenvalue weighted by Gasteiger charge is 2.21. The summed E-state index contributed by atoms with van der Waals surface area (Å²) in [7, 11) is 0. The van der Waals surface area contributed by atoms with Crippen molar-refractivity contribution in [3.05, 3.63) is 25.4 Å². The monoisotopic (exact) mass is 653 g/mol. The Hall–Kier alpha value is 1.28. The Morgan fingerprint density at radius 3 is 1.93 bits per heavy atom. The van der Waals surface area contributed by atoms with E-state index in [0.29, 0.717) is 14.7 Å². The van der Waals surface area contributed by atoms with Crippen LogP contribution in [0.5, 0.6) is 0 Å². The predicted octanol–water partition coefficient (Wildman–Crippen LogP) is 3.02. The van der Waals surface area contributed by atoms with Gasteiger partial charge in [-0.15, -0.1) is 0 Å². The second kappa shape index (κ2) is 5.75. The molecule has 3 nitrogen and oxygen atoms in total. The van der Waals surface area contributed by atoms with Crippen LogP contribution in [0.3, 0.4) is 0 Å². The van der Waals surface area contributed by atoms with Gasteiger partial charge in [-0.05, 0) is 90.4 Å². The summed E-state index contributed by atoms with van der Waals surface area (Å²) in [6.45, 7) is 0. The molecule has 0 aromatic heterocycles. The minimum absolute atomic E-state index is 0.433. The van der Waals surface area contributed by atoms with Crippen LogP contribution in [0.4, 0.5) is 0 Å². The number of primary amides is 1. The van der Waals surface area contributed by atoms with E-state index in [1.807, 2.05) is 22.6 Å². The molecule has 0 aliphatic heterocycles. The van der Waals surface area contributed by atoms with E-state index in [1.165, 1.54) is 0 Å². The first kappa shape index (κ1) is 14.3. The summed E-state index contributed by atoms with van der Waals surface area (Å²) in [4.78, 5) is 22.2. The average molecular weight is 653 g/mol. The van der Waals surface area contributed by atoms with Gasteiger partial charge in [-0.25, -0.2) is 0 Å².